The molecule has 134 valence electrons. The number of nitrogens with one attached hydrogen (secondary N) is 2. The highest BCUT2D eigenvalue weighted by Crippen LogP contribution is 2.26. The SMILES string of the molecule is CC(C)(C)NS(=O)(=O)c1ccc(C(=O)Nc2cc(Cl)ccc2Cl)cc1. The molecule has 1 amide bonds. The van der Waals surface area contributed by atoms with E-state index in [2.05, 4.69) is 10.0 Å². The molecule has 2 aromatic rings. The highest BCUT2D eigenvalue weighted by Gasteiger charge is 2.22. The van der Waals surface area contributed by atoms with Crippen molar-refractivity contribution in [2.45, 2.75) is 31.2 Å². The van der Waals surface area contributed by atoms with Gasteiger partial charge in [-0.3, -0.25) is 4.79 Å². The molecule has 0 fully saturated rings. The molecule has 8 heteroatoms. The van der Waals surface area contributed by atoms with Crippen molar-refractivity contribution in [1.29, 1.82) is 0 Å². The Balaban J connectivity index is 2.19. The van der Waals surface area contributed by atoms with E-state index in [-0.39, 0.29) is 4.90 Å². The maximum atomic E-state index is 12.3. The molecule has 2 rings (SSSR count). The van der Waals surface area contributed by atoms with Gasteiger partial charge in [0.25, 0.3) is 5.91 Å². The number of hydrogen-bond acceptors (Lipinski definition) is 3. The van der Waals surface area contributed by atoms with E-state index in [4.69, 9.17) is 23.2 Å². The molecule has 0 radical (unpaired) electrons. The number of halogens is 2. The summed E-state index contributed by atoms with van der Waals surface area (Å²) in [5, 5.41) is 3.44. The summed E-state index contributed by atoms with van der Waals surface area (Å²) in [5.41, 5.74) is 0.0779. The fourth-order valence-corrected chi connectivity index (χ4v) is 3.79. The van der Waals surface area contributed by atoms with E-state index < -0.39 is 21.5 Å². The molecule has 0 unspecified atom stereocenters. The number of benzene rings is 2. The van der Waals surface area contributed by atoms with Gasteiger partial charge in [-0.25, -0.2) is 13.1 Å². The van der Waals surface area contributed by atoms with Gasteiger partial charge in [0, 0.05) is 16.1 Å². The summed E-state index contributed by atoms with van der Waals surface area (Å²) in [7, 11) is -3.65. The molecular weight excluding hydrogens is 383 g/mol. The van der Waals surface area contributed by atoms with Crippen LogP contribution in [0.3, 0.4) is 0 Å². The summed E-state index contributed by atoms with van der Waals surface area (Å²) >= 11 is 11.9. The van der Waals surface area contributed by atoms with E-state index in [0.717, 1.165) is 0 Å². The molecule has 5 nitrogen and oxygen atoms in total. The summed E-state index contributed by atoms with van der Waals surface area (Å²) in [4.78, 5) is 12.4. The van der Waals surface area contributed by atoms with Crippen LogP contribution in [0.4, 0.5) is 5.69 Å². The summed E-state index contributed by atoms with van der Waals surface area (Å²) in [6.45, 7) is 5.25. The lowest BCUT2D eigenvalue weighted by Gasteiger charge is -2.20. The molecule has 0 saturated carbocycles. The normalized spacial score (nSPS) is 12.0. The van der Waals surface area contributed by atoms with Crippen LogP contribution in [-0.2, 0) is 10.0 Å². The Bertz CT molecular complexity index is 889. The fourth-order valence-electron chi connectivity index (χ4n) is 2.04. The van der Waals surface area contributed by atoms with E-state index in [0.29, 0.717) is 21.3 Å². The Morgan fingerprint density at radius 2 is 1.60 bits per heavy atom. The number of carbonyl (C=O) groups is 1. The van der Waals surface area contributed by atoms with Gasteiger partial charge in [0.15, 0.2) is 0 Å². The Hall–Kier alpha value is -1.60. The van der Waals surface area contributed by atoms with Crippen LogP contribution in [0.2, 0.25) is 10.0 Å². The van der Waals surface area contributed by atoms with Crippen molar-refractivity contribution in [2.75, 3.05) is 5.32 Å². The summed E-state index contributed by atoms with van der Waals surface area (Å²) in [6.07, 6.45) is 0. The third kappa shape index (κ3) is 5.44. The first kappa shape index (κ1) is 19.7. The molecule has 0 aliphatic carbocycles. The highest BCUT2D eigenvalue weighted by molar-refractivity contribution is 7.89. The van der Waals surface area contributed by atoms with Crippen molar-refractivity contribution in [3.05, 3.63) is 58.1 Å². The van der Waals surface area contributed by atoms with Crippen LogP contribution in [0.5, 0.6) is 0 Å². The van der Waals surface area contributed by atoms with Crippen LogP contribution >= 0.6 is 23.2 Å². The van der Waals surface area contributed by atoms with E-state index in [9.17, 15) is 13.2 Å². The molecule has 0 spiro atoms. The van der Waals surface area contributed by atoms with E-state index in [1.807, 2.05) is 0 Å². The first-order valence-electron chi connectivity index (χ1n) is 7.38. The molecule has 0 bridgehead atoms. The minimum atomic E-state index is -3.65. The van der Waals surface area contributed by atoms with Crippen molar-refractivity contribution < 1.29 is 13.2 Å². The van der Waals surface area contributed by atoms with Crippen LogP contribution in [0.25, 0.3) is 0 Å². The van der Waals surface area contributed by atoms with Gasteiger partial charge in [-0.15, -0.1) is 0 Å². The number of carbonyl (C=O) groups excluding carboxylic acids is 1. The first-order valence-corrected chi connectivity index (χ1v) is 9.62. The predicted octanol–water partition coefficient (Wildman–Crippen LogP) is 4.32. The zero-order chi connectivity index (χ0) is 18.8. The summed E-state index contributed by atoms with van der Waals surface area (Å²) < 4.78 is 27.1. The number of sulfonamides is 1. The van der Waals surface area contributed by atoms with Gasteiger partial charge >= 0.3 is 0 Å². The fraction of sp³-hybridized carbons (Fsp3) is 0.235. The molecule has 0 saturated heterocycles. The van der Waals surface area contributed by atoms with Crippen molar-refractivity contribution in [2.24, 2.45) is 0 Å². The van der Waals surface area contributed by atoms with Gasteiger partial charge in [-0.05, 0) is 63.2 Å². The molecular formula is C17H18Cl2N2O3S. The van der Waals surface area contributed by atoms with Crippen LogP contribution in [0.1, 0.15) is 31.1 Å². The standard InChI is InChI=1S/C17H18Cl2N2O3S/c1-17(2,3)21-25(23,24)13-7-4-11(5-8-13)16(22)20-15-10-12(18)6-9-14(15)19/h4-10,21H,1-3H3,(H,20,22). The topological polar surface area (TPSA) is 75.3 Å². The van der Waals surface area contributed by atoms with Crippen molar-refractivity contribution in [3.8, 4) is 0 Å². The molecule has 0 aliphatic rings. The Kier molecular flexibility index (Phi) is 5.79. The number of rotatable bonds is 4. The highest BCUT2D eigenvalue weighted by atomic mass is 35.5. The second-order valence-corrected chi connectivity index (χ2v) is 8.98. The molecule has 0 aliphatic heterocycles. The summed E-state index contributed by atoms with van der Waals surface area (Å²) in [5.74, 6) is -0.420. The summed E-state index contributed by atoms with van der Waals surface area (Å²) in [6, 6.07) is 10.4. The molecule has 0 atom stereocenters. The average Bonchev–Trinajstić information content (AvgIpc) is 2.48. The van der Waals surface area contributed by atoms with E-state index in [1.54, 1.807) is 32.9 Å². The van der Waals surface area contributed by atoms with Crippen molar-refractivity contribution in [1.82, 2.24) is 4.72 Å². The minimum absolute atomic E-state index is 0.0831. The van der Waals surface area contributed by atoms with Gasteiger partial charge in [0.05, 0.1) is 15.6 Å². The smallest absolute Gasteiger partial charge is 0.255 e. The Morgan fingerprint density at radius 3 is 2.16 bits per heavy atom. The molecule has 0 heterocycles. The van der Waals surface area contributed by atoms with Gasteiger partial charge in [-0.2, -0.15) is 0 Å². The lowest BCUT2D eigenvalue weighted by atomic mass is 10.1. The van der Waals surface area contributed by atoms with Crippen LogP contribution in [0.15, 0.2) is 47.4 Å². The zero-order valence-corrected chi connectivity index (χ0v) is 16.3. The second-order valence-electron chi connectivity index (χ2n) is 6.46. The van der Waals surface area contributed by atoms with Gasteiger partial charge in [-0.1, -0.05) is 23.2 Å². The van der Waals surface area contributed by atoms with E-state index >= 15 is 0 Å². The second kappa shape index (κ2) is 7.33. The van der Waals surface area contributed by atoms with Crippen molar-refractivity contribution in [3.63, 3.8) is 0 Å². The Morgan fingerprint density at radius 1 is 1.00 bits per heavy atom. The number of hydrogen-bond donors (Lipinski definition) is 2. The van der Waals surface area contributed by atoms with Crippen molar-refractivity contribution >= 4 is 44.8 Å². The minimum Gasteiger partial charge on any atom is -0.321 e. The first-order chi connectivity index (χ1) is 11.5. The average molecular weight is 401 g/mol. The largest absolute Gasteiger partial charge is 0.321 e. The predicted molar refractivity (Wildman–Crippen MR) is 101 cm³/mol. The quantitative estimate of drug-likeness (QED) is 0.801. The number of anilines is 1. The molecule has 0 aromatic heterocycles. The maximum absolute atomic E-state index is 12.3. The molecule has 25 heavy (non-hydrogen) atoms. The monoisotopic (exact) mass is 400 g/mol. The van der Waals surface area contributed by atoms with Gasteiger partial charge < -0.3 is 5.32 Å². The maximum Gasteiger partial charge on any atom is 0.255 e. The third-order valence-electron chi connectivity index (χ3n) is 3.04. The van der Waals surface area contributed by atoms with Gasteiger partial charge in [0.2, 0.25) is 10.0 Å². The lowest BCUT2D eigenvalue weighted by molar-refractivity contribution is 0.102. The van der Waals surface area contributed by atoms with Crippen LogP contribution < -0.4 is 10.0 Å². The molecule has 2 N–H and O–H groups in total. The Labute approximate surface area is 157 Å². The number of amides is 1. The van der Waals surface area contributed by atoms with Crippen LogP contribution in [0, 0.1) is 0 Å². The van der Waals surface area contributed by atoms with Crippen LogP contribution in [-0.4, -0.2) is 19.9 Å². The van der Waals surface area contributed by atoms with E-state index in [1.165, 1.54) is 30.3 Å². The third-order valence-corrected chi connectivity index (χ3v) is 5.38. The lowest BCUT2D eigenvalue weighted by Crippen LogP contribution is -2.40. The zero-order valence-electron chi connectivity index (χ0n) is 13.9. The van der Waals surface area contributed by atoms with Gasteiger partial charge in [0.1, 0.15) is 0 Å². The molecule has 2 aromatic carbocycles.